The van der Waals surface area contributed by atoms with Gasteiger partial charge in [0.15, 0.2) is 0 Å². The lowest BCUT2D eigenvalue weighted by atomic mass is 10.1. The number of rotatable bonds is 8. The summed E-state index contributed by atoms with van der Waals surface area (Å²) in [6.07, 6.45) is 8.15. The molecule has 2 N–H and O–H groups in total. The van der Waals surface area contributed by atoms with Crippen LogP contribution in [0.15, 0.2) is 6.20 Å². The van der Waals surface area contributed by atoms with E-state index in [2.05, 4.69) is 11.9 Å². The third-order valence-electron chi connectivity index (χ3n) is 3.31. The van der Waals surface area contributed by atoms with Crippen molar-refractivity contribution in [2.24, 2.45) is 0 Å². The second-order valence-electron chi connectivity index (χ2n) is 4.89. The van der Waals surface area contributed by atoms with E-state index in [1.165, 1.54) is 25.7 Å². The first kappa shape index (κ1) is 15.0. The van der Waals surface area contributed by atoms with Gasteiger partial charge in [0, 0.05) is 18.5 Å². The predicted octanol–water partition coefficient (Wildman–Crippen LogP) is 3.77. The summed E-state index contributed by atoms with van der Waals surface area (Å²) < 4.78 is 5.66. The average molecular weight is 250 g/mol. The minimum absolute atomic E-state index is 0.574. The molecule has 0 radical (unpaired) electrons. The van der Waals surface area contributed by atoms with Crippen molar-refractivity contribution in [2.45, 2.75) is 59.5 Å². The Morgan fingerprint density at radius 3 is 2.61 bits per heavy atom. The van der Waals surface area contributed by atoms with Gasteiger partial charge in [-0.2, -0.15) is 0 Å². The summed E-state index contributed by atoms with van der Waals surface area (Å²) in [5.41, 5.74) is 9.87. The first-order valence-electron chi connectivity index (χ1n) is 6.95. The van der Waals surface area contributed by atoms with Gasteiger partial charge in [-0.15, -0.1) is 0 Å². The Labute approximate surface area is 111 Å². The van der Waals surface area contributed by atoms with E-state index in [1.54, 1.807) is 0 Å². The van der Waals surface area contributed by atoms with E-state index in [-0.39, 0.29) is 0 Å². The Morgan fingerprint density at radius 2 is 1.89 bits per heavy atom. The zero-order valence-corrected chi connectivity index (χ0v) is 12.0. The van der Waals surface area contributed by atoms with E-state index in [9.17, 15) is 0 Å². The molecule has 0 fully saturated rings. The monoisotopic (exact) mass is 250 g/mol. The minimum Gasteiger partial charge on any atom is -0.398 e. The van der Waals surface area contributed by atoms with Gasteiger partial charge in [0.1, 0.15) is 0 Å². The van der Waals surface area contributed by atoms with E-state index in [0.29, 0.717) is 6.61 Å². The third kappa shape index (κ3) is 4.65. The predicted molar refractivity (Wildman–Crippen MR) is 76.5 cm³/mol. The van der Waals surface area contributed by atoms with E-state index in [4.69, 9.17) is 10.5 Å². The van der Waals surface area contributed by atoms with Crippen LogP contribution < -0.4 is 5.73 Å². The number of anilines is 1. The molecule has 3 nitrogen and oxygen atoms in total. The number of aromatic nitrogens is 1. The number of pyridine rings is 1. The van der Waals surface area contributed by atoms with E-state index < -0.39 is 0 Å². The second-order valence-corrected chi connectivity index (χ2v) is 4.89. The lowest BCUT2D eigenvalue weighted by Gasteiger charge is -2.10. The van der Waals surface area contributed by atoms with Crippen LogP contribution in [0.1, 0.15) is 55.8 Å². The molecule has 102 valence electrons. The summed E-state index contributed by atoms with van der Waals surface area (Å²) in [5, 5.41) is 0. The van der Waals surface area contributed by atoms with Gasteiger partial charge in [-0.05, 0) is 31.4 Å². The van der Waals surface area contributed by atoms with Crippen molar-refractivity contribution in [3.05, 3.63) is 23.0 Å². The molecule has 18 heavy (non-hydrogen) atoms. The van der Waals surface area contributed by atoms with Crippen LogP contribution in [0.2, 0.25) is 0 Å². The quantitative estimate of drug-likeness (QED) is 0.714. The van der Waals surface area contributed by atoms with Crippen LogP contribution in [0.25, 0.3) is 0 Å². The van der Waals surface area contributed by atoms with Crippen molar-refractivity contribution in [1.82, 2.24) is 4.98 Å². The molecule has 0 aliphatic heterocycles. The van der Waals surface area contributed by atoms with Gasteiger partial charge < -0.3 is 10.5 Å². The maximum atomic E-state index is 5.97. The van der Waals surface area contributed by atoms with Crippen LogP contribution in [-0.2, 0) is 11.3 Å². The summed E-state index contributed by atoms with van der Waals surface area (Å²) in [6, 6.07) is 0. The van der Waals surface area contributed by atoms with Gasteiger partial charge in [-0.1, -0.05) is 32.6 Å². The fourth-order valence-corrected chi connectivity index (χ4v) is 1.91. The normalized spacial score (nSPS) is 10.8. The van der Waals surface area contributed by atoms with Crippen LogP contribution in [-0.4, -0.2) is 11.6 Å². The average Bonchev–Trinajstić information content (AvgIpc) is 2.37. The van der Waals surface area contributed by atoms with Gasteiger partial charge >= 0.3 is 0 Å². The van der Waals surface area contributed by atoms with Crippen molar-refractivity contribution in [2.75, 3.05) is 12.3 Å². The molecule has 0 unspecified atom stereocenters. The minimum atomic E-state index is 0.574. The molecule has 1 aromatic rings. The Bertz CT molecular complexity index is 364. The lowest BCUT2D eigenvalue weighted by molar-refractivity contribution is 0.114. The number of nitrogens with two attached hydrogens (primary N) is 1. The molecule has 1 rings (SSSR count). The number of ether oxygens (including phenoxy) is 1. The summed E-state index contributed by atoms with van der Waals surface area (Å²) in [6.45, 7) is 7.61. The molecule has 0 aliphatic carbocycles. The van der Waals surface area contributed by atoms with Gasteiger partial charge in [-0.25, -0.2) is 0 Å². The number of nitrogens with zero attached hydrogens (tertiary/aromatic N) is 1. The topological polar surface area (TPSA) is 48.1 Å². The molecule has 0 aliphatic rings. The highest BCUT2D eigenvalue weighted by molar-refractivity contribution is 5.53. The van der Waals surface area contributed by atoms with Crippen LogP contribution in [0.4, 0.5) is 5.69 Å². The Hall–Kier alpha value is -1.09. The van der Waals surface area contributed by atoms with Gasteiger partial charge in [-0.3, -0.25) is 4.98 Å². The highest BCUT2D eigenvalue weighted by Crippen LogP contribution is 2.18. The molecule has 0 saturated heterocycles. The standard InChI is InChI=1S/C15H26N2O/c1-4-5-6-7-8-9-18-11-14-13(3)15(16)12(2)10-17-14/h10H,4-9,11H2,1-3H3,(H2,16,17). The first-order valence-corrected chi connectivity index (χ1v) is 6.95. The van der Waals surface area contributed by atoms with Crippen molar-refractivity contribution in [1.29, 1.82) is 0 Å². The first-order chi connectivity index (χ1) is 8.66. The van der Waals surface area contributed by atoms with E-state index in [0.717, 1.165) is 35.5 Å². The van der Waals surface area contributed by atoms with E-state index >= 15 is 0 Å². The fraction of sp³-hybridized carbons (Fsp3) is 0.667. The largest absolute Gasteiger partial charge is 0.398 e. The highest BCUT2D eigenvalue weighted by atomic mass is 16.5. The molecule has 0 aromatic carbocycles. The summed E-state index contributed by atoms with van der Waals surface area (Å²) in [5.74, 6) is 0. The van der Waals surface area contributed by atoms with Crippen molar-refractivity contribution in [3.8, 4) is 0 Å². The maximum absolute atomic E-state index is 5.97. The van der Waals surface area contributed by atoms with E-state index in [1.807, 2.05) is 20.0 Å². The van der Waals surface area contributed by atoms with Gasteiger partial charge in [0.05, 0.1) is 12.3 Å². The fourth-order valence-electron chi connectivity index (χ4n) is 1.91. The number of unbranched alkanes of at least 4 members (excludes halogenated alkanes) is 4. The molecule has 0 spiro atoms. The molecule has 0 amide bonds. The SMILES string of the molecule is CCCCCCCOCc1ncc(C)c(N)c1C. The second kappa shape index (κ2) is 8.09. The van der Waals surface area contributed by atoms with Crippen LogP contribution in [0.3, 0.4) is 0 Å². The van der Waals surface area contributed by atoms with Gasteiger partial charge in [0.2, 0.25) is 0 Å². The molecule has 1 heterocycles. The zero-order valence-electron chi connectivity index (χ0n) is 12.0. The Kier molecular flexibility index (Phi) is 6.73. The number of hydrogen-bond donors (Lipinski definition) is 1. The molecule has 0 bridgehead atoms. The Morgan fingerprint density at radius 1 is 1.17 bits per heavy atom. The van der Waals surface area contributed by atoms with Gasteiger partial charge in [0.25, 0.3) is 0 Å². The lowest BCUT2D eigenvalue weighted by Crippen LogP contribution is -2.04. The molecule has 1 aromatic heterocycles. The van der Waals surface area contributed by atoms with Crippen LogP contribution >= 0.6 is 0 Å². The smallest absolute Gasteiger partial charge is 0.0891 e. The van der Waals surface area contributed by atoms with Crippen LogP contribution in [0.5, 0.6) is 0 Å². The number of aryl methyl sites for hydroxylation is 1. The number of hydrogen-bond acceptors (Lipinski definition) is 3. The Balaban J connectivity index is 2.25. The molecular weight excluding hydrogens is 224 g/mol. The summed E-state index contributed by atoms with van der Waals surface area (Å²) in [4.78, 5) is 4.38. The molecule has 0 saturated carbocycles. The maximum Gasteiger partial charge on any atom is 0.0891 e. The third-order valence-corrected chi connectivity index (χ3v) is 3.31. The van der Waals surface area contributed by atoms with Crippen LogP contribution in [0, 0.1) is 13.8 Å². The highest BCUT2D eigenvalue weighted by Gasteiger charge is 2.05. The van der Waals surface area contributed by atoms with Crippen molar-refractivity contribution < 1.29 is 4.74 Å². The molecule has 0 atom stereocenters. The summed E-state index contributed by atoms with van der Waals surface area (Å²) in [7, 11) is 0. The van der Waals surface area contributed by atoms with Crippen molar-refractivity contribution in [3.63, 3.8) is 0 Å². The summed E-state index contributed by atoms with van der Waals surface area (Å²) >= 11 is 0. The molecule has 3 heteroatoms. The number of nitrogen functional groups attached to an aromatic ring is 1. The zero-order chi connectivity index (χ0) is 13.4. The van der Waals surface area contributed by atoms with Crippen molar-refractivity contribution >= 4 is 5.69 Å². The molecular formula is C15H26N2O.